The Morgan fingerprint density at radius 1 is 1.07 bits per heavy atom. The van der Waals surface area contributed by atoms with Gasteiger partial charge in [-0.25, -0.2) is 9.37 Å². The molecule has 152 valence electrons. The zero-order valence-corrected chi connectivity index (χ0v) is 17.2. The van der Waals surface area contributed by atoms with Gasteiger partial charge in [-0.05, 0) is 49.8 Å². The highest BCUT2D eigenvalue weighted by Crippen LogP contribution is 2.30. The van der Waals surface area contributed by atoms with Crippen LogP contribution in [0.5, 0.6) is 5.75 Å². The molecule has 0 aliphatic heterocycles. The van der Waals surface area contributed by atoms with Gasteiger partial charge in [-0.1, -0.05) is 50.2 Å². The average molecular weight is 394 g/mol. The molecule has 0 bridgehead atoms. The molecular formula is C24H27FN2O2. The highest BCUT2D eigenvalue weighted by atomic mass is 19.1. The van der Waals surface area contributed by atoms with Crippen molar-refractivity contribution in [2.24, 2.45) is 5.92 Å². The van der Waals surface area contributed by atoms with Gasteiger partial charge in [-0.15, -0.1) is 0 Å². The number of benzene rings is 2. The van der Waals surface area contributed by atoms with Gasteiger partial charge < -0.3 is 5.11 Å². The standard InChI is InChI=1S/C24H27FN2O2/c1-16(2)12-13-19-17(3)26-23(20-10-7-11-21(25)22(20)28)27(24(19)29)15-14-18-8-5-4-6-9-18/h4-11,16,28H,12-15H2,1-3H3. The second-order valence-corrected chi connectivity index (χ2v) is 7.76. The van der Waals surface area contributed by atoms with Crippen LogP contribution in [-0.2, 0) is 19.4 Å². The van der Waals surface area contributed by atoms with E-state index >= 15 is 0 Å². The van der Waals surface area contributed by atoms with Crippen LogP contribution in [0.15, 0.2) is 53.3 Å². The molecule has 3 aromatic rings. The first-order valence-corrected chi connectivity index (χ1v) is 10.0. The van der Waals surface area contributed by atoms with Gasteiger partial charge in [0.25, 0.3) is 5.56 Å². The summed E-state index contributed by atoms with van der Waals surface area (Å²) in [5.41, 5.74) is 2.52. The molecule has 3 rings (SSSR count). The normalized spacial score (nSPS) is 11.2. The van der Waals surface area contributed by atoms with E-state index in [1.54, 1.807) is 17.6 Å². The van der Waals surface area contributed by atoms with Crippen molar-refractivity contribution in [3.63, 3.8) is 0 Å². The molecule has 0 spiro atoms. The highest BCUT2D eigenvalue weighted by molar-refractivity contribution is 5.64. The van der Waals surface area contributed by atoms with Crippen molar-refractivity contribution in [3.8, 4) is 17.1 Å². The summed E-state index contributed by atoms with van der Waals surface area (Å²) in [5, 5.41) is 10.3. The maximum atomic E-state index is 14.0. The number of phenolic OH excluding ortho intramolecular Hbond substituents is 1. The molecule has 0 saturated carbocycles. The summed E-state index contributed by atoms with van der Waals surface area (Å²) in [5.74, 6) is -0.442. The number of rotatable bonds is 7. The maximum Gasteiger partial charge on any atom is 0.257 e. The lowest BCUT2D eigenvalue weighted by molar-refractivity contribution is 0.433. The molecule has 0 aliphatic rings. The third kappa shape index (κ3) is 4.73. The van der Waals surface area contributed by atoms with E-state index in [2.05, 4.69) is 18.8 Å². The Labute approximate surface area is 170 Å². The van der Waals surface area contributed by atoms with Crippen LogP contribution < -0.4 is 5.56 Å². The van der Waals surface area contributed by atoms with Gasteiger partial charge in [0.15, 0.2) is 11.6 Å². The second kappa shape index (κ2) is 9.03. The number of aromatic nitrogens is 2. The van der Waals surface area contributed by atoms with Crippen molar-refractivity contribution < 1.29 is 9.50 Å². The van der Waals surface area contributed by atoms with Crippen molar-refractivity contribution in [2.75, 3.05) is 0 Å². The monoisotopic (exact) mass is 394 g/mol. The summed E-state index contributed by atoms with van der Waals surface area (Å²) >= 11 is 0. The average Bonchev–Trinajstić information content (AvgIpc) is 2.69. The first-order valence-electron chi connectivity index (χ1n) is 10.0. The number of aryl methyl sites for hydroxylation is 2. The van der Waals surface area contributed by atoms with Crippen LogP contribution in [0.3, 0.4) is 0 Å². The zero-order valence-electron chi connectivity index (χ0n) is 17.2. The molecular weight excluding hydrogens is 367 g/mol. The number of nitrogens with zero attached hydrogens (tertiary/aromatic N) is 2. The Bertz CT molecular complexity index is 1040. The minimum atomic E-state index is -0.729. The molecule has 2 aromatic carbocycles. The Morgan fingerprint density at radius 3 is 2.48 bits per heavy atom. The summed E-state index contributed by atoms with van der Waals surface area (Å²) in [6, 6.07) is 14.2. The molecule has 0 saturated heterocycles. The molecule has 1 heterocycles. The number of hydrogen-bond acceptors (Lipinski definition) is 3. The summed E-state index contributed by atoms with van der Waals surface area (Å²) in [6.45, 7) is 6.44. The molecule has 29 heavy (non-hydrogen) atoms. The number of aromatic hydroxyl groups is 1. The van der Waals surface area contributed by atoms with Crippen LogP contribution >= 0.6 is 0 Å². The van der Waals surface area contributed by atoms with Gasteiger partial charge in [-0.3, -0.25) is 9.36 Å². The topological polar surface area (TPSA) is 55.1 Å². The van der Waals surface area contributed by atoms with Crippen molar-refractivity contribution in [3.05, 3.63) is 81.5 Å². The zero-order chi connectivity index (χ0) is 21.0. The van der Waals surface area contributed by atoms with Crippen LogP contribution in [0.4, 0.5) is 4.39 Å². The predicted molar refractivity (Wildman–Crippen MR) is 114 cm³/mol. The van der Waals surface area contributed by atoms with E-state index in [1.807, 2.05) is 30.3 Å². The van der Waals surface area contributed by atoms with E-state index in [-0.39, 0.29) is 11.1 Å². The van der Waals surface area contributed by atoms with Crippen LogP contribution in [0.1, 0.15) is 37.1 Å². The number of phenols is 1. The van der Waals surface area contributed by atoms with Crippen LogP contribution in [0.25, 0.3) is 11.4 Å². The fraction of sp³-hybridized carbons (Fsp3) is 0.333. The highest BCUT2D eigenvalue weighted by Gasteiger charge is 2.19. The third-order valence-corrected chi connectivity index (χ3v) is 5.14. The summed E-state index contributed by atoms with van der Waals surface area (Å²) in [4.78, 5) is 18.0. The van der Waals surface area contributed by atoms with Crippen LogP contribution in [0.2, 0.25) is 0 Å². The lowest BCUT2D eigenvalue weighted by Crippen LogP contribution is -2.29. The summed E-state index contributed by atoms with van der Waals surface area (Å²) in [6.07, 6.45) is 2.18. The maximum absolute atomic E-state index is 14.0. The van der Waals surface area contributed by atoms with Crippen molar-refractivity contribution in [1.29, 1.82) is 0 Å². The molecule has 5 heteroatoms. The first kappa shape index (κ1) is 20.8. The lowest BCUT2D eigenvalue weighted by atomic mass is 10.0. The molecule has 1 N–H and O–H groups in total. The lowest BCUT2D eigenvalue weighted by Gasteiger charge is -2.17. The molecule has 0 radical (unpaired) electrons. The fourth-order valence-electron chi connectivity index (χ4n) is 3.42. The molecule has 0 aliphatic carbocycles. The smallest absolute Gasteiger partial charge is 0.257 e. The number of hydrogen-bond donors (Lipinski definition) is 1. The Balaban J connectivity index is 2.10. The molecule has 0 atom stereocenters. The van der Waals surface area contributed by atoms with Gasteiger partial charge in [0.1, 0.15) is 5.82 Å². The van der Waals surface area contributed by atoms with Gasteiger partial charge in [0, 0.05) is 17.8 Å². The first-order chi connectivity index (χ1) is 13.9. The Hall–Kier alpha value is -2.95. The van der Waals surface area contributed by atoms with Crippen molar-refractivity contribution in [1.82, 2.24) is 9.55 Å². The third-order valence-electron chi connectivity index (χ3n) is 5.14. The van der Waals surface area contributed by atoms with E-state index in [1.165, 1.54) is 12.1 Å². The molecule has 4 nitrogen and oxygen atoms in total. The molecule has 0 amide bonds. The van der Waals surface area contributed by atoms with Gasteiger partial charge >= 0.3 is 0 Å². The van der Waals surface area contributed by atoms with Gasteiger partial charge in [0.2, 0.25) is 0 Å². The second-order valence-electron chi connectivity index (χ2n) is 7.76. The van der Waals surface area contributed by atoms with Crippen LogP contribution in [0, 0.1) is 18.7 Å². The van der Waals surface area contributed by atoms with Gasteiger partial charge in [0.05, 0.1) is 5.56 Å². The summed E-state index contributed by atoms with van der Waals surface area (Å²) < 4.78 is 15.5. The largest absolute Gasteiger partial charge is 0.504 e. The van der Waals surface area contributed by atoms with E-state index in [0.29, 0.717) is 42.4 Å². The fourth-order valence-corrected chi connectivity index (χ4v) is 3.42. The molecule has 1 aromatic heterocycles. The van der Waals surface area contributed by atoms with Gasteiger partial charge in [-0.2, -0.15) is 0 Å². The van der Waals surface area contributed by atoms with E-state index in [9.17, 15) is 14.3 Å². The minimum Gasteiger partial charge on any atom is -0.504 e. The molecule has 0 fully saturated rings. The quantitative estimate of drug-likeness (QED) is 0.620. The number of halogens is 1. The van der Waals surface area contributed by atoms with Crippen molar-refractivity contribution in [2.45, 2.75) is 46.6 Å². The van der Waals surface area contributed by atoms with E-state index in [4.69, 9.17) is 0 Å². The predicted octanol–water partition coefficient (Wildman–Crippen LogP) is 4.89. The number of para-hydroxylation sites is 1. The minimum absolute atomic E-state index is 0.118. The van der Waals surface area contributed by atoms with Crippen LogP contribution in [-0.4, -0.2) is 14.7 Å². The molecule has 0 unspecified atom stereocenters. The summed E-state index contributed by atoms with van der Waals surface area (Å²) in [7, 11) is 0. The Kier molecular flexibility index (Phi) is 6.47. The van der Waals surface area contributed by atoms with Crippen molar-refractivity contribution >= 4 is 0 Å². The van der Waals surface area contributed by atoms with E-state index < -0.39 is 11.6 Å². The Morgan fingerprint density at radius 2 is 1.79 bits per heavy atom. The van der Waals surface area contributed by atoms with E-state index in [0.717, 1.165) is 12.0 Å². The SMILES string of the molecule is Cc1nc(-c2cccc(F)c2O)n(CCc2ccccc2)c(=O)c1CCC(C)C.